The highest BCUT2D eigenvalue weighted by molar-refractivity contribution is 5.76. The lowest BCUT2D eigenvalue weighted by Gasteiger charge is -2.47. The maximum Gasteiger partial charge on any atom is 0.364 e. The van der Waals surface area contributed by atoms with Crippen molar-refractivity contribution in [1.29, 1.82) is 0 Å². The second-order valence-corrected chi connectivity index (χ2v) is 8.46. The largest absolute Gasteiger partial charge is 0.477 e. The third-order valence-electron chi connectivity index (χ3n) is 5.76. The Labute approximate surface area is 199 Å². The van der Waals surface area contributed by atoms with Crippen molar-refractivity contribution in [2.75, 3.05) is 13.2 Å². The fourth-order valence-corrected chi connectivity index (χ4v) is 3.97. The van der Waals surface area contributed by atoms with E-state index in [1.54, 1.807) is 0 Å². The van der Waals surface area contributed by atoms with Crippen molar-refractivity contribution in [2.24, 2.45) is 0 Å². The van der Waals surface area contributed by atoms with Crippen LogP contribution in [0.4, 0.5) is 0 Å². The van der Waals surface area contributed by atoms with Crippen LogP contribution in [-0.4, -0.2) is 139 Å². The first-order chi connectivity index (χ1) is 16.2. The van der Waals surface area contributed by atoms with Crippen LogP contribution < -0.4 is 10.6 Å². The molecular weight excluding hydrogens is 480 g/mol. The lowest BCUT2D eigenvalue weighted by atomic mass is 9.88. The summed E-state index contributed by atoms with van der Waals surface area (Å²) in [5.74, 6) is -5.80. The summed E-state index contributed by atoms with van der Waals surface area (Å²) in [6.07, 6.45) is -14.9. The van der Waals surface area contributed by atoms with E-state index in [0.29, 0.717) is 0 Å². The molecule has 2 fully saturated rings. The fourth-order valence-electron chi connectivity index (χ4n) is 3.97. The predicted octanol–water partition coefficient (Wildman–Crippen LogP) is -5.90. The molecule has 16 nitrogen and oxygen atoms in total. The Kier molecular flexibility index (Phi) is 9.88. The Morgan fingerprint density at radius 3 is 2.11 bits per heavy atom. The highest BCUT2D eigenvalue weighted by Crippen LogP contribution is 2.34. The lowest BCUT2D eigenvalue weighted by molar-refractivity contribution is -0.328. The number of aliphatic carboxylic acids is 1. The van der Waals surface area contributed by atoms with Crippen molar-refractivity contribution in [3.05, 3.63) is 0 Å². The number of amides is 2. The monoisotopic (exact) mass is 512 g/mol. The zero-order valence-corrected chi connectivity index (χ0v) is 18.9. The molecule has 2 rings (SSSR count). The van der Waals surface area contributed by atoms with E-state index in [0.717, 1.165) is 13.8 Å². The highest BCUT2D eigenvalue weighted by Gasteiger charge is 2.56. The highest BCUT2D eigenvalue weighted by atomic mass is 16.7. The Hall–Kier alpha value is -1.99. The van der Waals surface area contributed by atoms with Crippen molar-refractivity contribution in [3.8, 4) is 0 Å². The van der Waals surface area contributed by atoms with Crippen LogP contribution in [0.3, 0.4) is 0 Å². The van der Waals surface area contributed by atoms with Gasteiger partial charge in [0, 0.05) is 20.3 Å². The molecule has 0 saturated carbocycles. The third-order valence-corrected chi connectivity index (χ3v) is 5.76. The molecule has 10 N–H and O–H groups in total. The molecule has 0 aromatic carbocycles. The van der Waals surface area contributed by atoms with E-state index in [2.05, 4.69) is 10.6 Å². The number of aliphatic hydroxyl groups excluding tert-OH is 7. The Bertz CT molecular complexity index is 770. The topological polar surface area (TPSA) is 265 Å². The smallest absolute Gasteiger partial charge is 0.364 e. The molecule has 0 aromatic rings. The molecule has 0 radical (unpaired) electrons. The van der Waals surface area contributed by atoms with E-state index in [1.807, 2.05) is 0 Å². The summed E-state index contributed by atoms with van der Waals surface area (Å²) in [5, 5.41) is 84.9. The lowest BCUT2D eigenvalue weighted by Crippen LogP contribution is -2.68. The molecule has 0 aliphatic carbocycles. The number of rotatable bonds is 9. The number of carboxylic acid groups (broad SMARTS) is 1. The molecule has 1 unspecified atom stereocenters. The molecular formula is C19H32N2O14. The van der Waals surface area contributed by atoms with Gasteiger partial charge in [-0.05, 0) is 0 Å². The van der Waals surface area contributed by atoms with Crippen LogP contribution in [0.25, 0.3) is 0 Å². The van der Waals surface area contributed by atoms with Crippen LogP contribution >= 0.6 is 0 Å². The first kappa shape index (κ1) is 29.2. The summed E-state index contributed by atoms with van der Waals surface area (Å²) in [6.45, 7) is 0.409. The molecule has 2 aliphatic heterocycles. The number of carbonyl (C=O) groups excluding carboxylic acids is 2. The molecule has 11 atom stereocenters. The third kappa shape index (κ3) is 6.62. The Balaban J connectivity index is 2.25. The van der Waals surface area contributed by atoms with Crippen LogP contribution in [0.15, 0.2) is 0 Å². The van der Waals surface area contributed by atoms with Crippen molar-refractivity contribution in [1.82, 2.24) is 10.6 Å². The van der Waals surface area contributed by atoms with Gasteiger partial charge >= 0.3 is 5.97 Å². The van der Waals surface area contributed by atoms with Crippen LogP contribution in [0.2, 0.25) is 0 Å². The van der Waals surface area contributed by atoms with Crippen molar-refractivity contribution < 1.29 is 69.4 Å². The molecule has 0 bridgehead atoms. The van der Waals surface area contributed by atoms with Gasteiger partial charge in [0.25, 0.3) is 5.79 Å². The SMILES string of the molecule is CC(=O)N[C@H]1[C@H]([C@H](O)[C@H](O)CO)O[C@@](OC[C@H]2OC(O)[C@H](NC(C)=O)[C@@H](O)[C@H]2O)(C(=O)O)C[C@@H]1O. The van der Waals surface area contributed by atoms with Crippen molar-refractivity contribution >= 4 is 17.8 Å². The molecule has 2 amide bonds. The van der Waals surface area contributed by atoms with Gasteiger partial charge in [0.15, 0.2) is 6.29 Å². The molecule has 2 heterocycles. The summed E-state index contributed by atoms with van der Waals surface area (Å²) >= 11 is 0. The number of ether oxygens (including phenoxy) is 3. The molecule has 0 aromatic heterocycles. The van der Waals surface area contributed by atoms with Crippen LogP contribution in [0, 0.1) is 0 Å². The van der Waals surface area contributed by atoms with Gasteiger partial charge in [-0.25, -0.2) is 4.79 Å². The summed E-state index contributed by atoms with van der Waals surface area (Å²) in [5.41, 5.74) is 0. The molecule has 2 saturated heterocycles. The Morgan fingerprint density at radius 1 is 1.03 bits per heavy atom. The normalized spacial score (nSPS) is 39.3. The molecule has 2 aliphatic rings. The number of nitrogens with one attached hydrogen (secondary N) is 2. The van der Waals surface area contributed by atoms with Gasteiger partial charge in [0.05, 0.1) is 25.4 Å². The van der Waals surface area contributed by atoms with E-state index < -0.39 is 104 Å². The molecule has 202 valence electrons. The van der Waals surface area contributed by atoms with Gasteiger partial charge in [-0.1, -0.05) is 0 Å². The van der Waals surface area contributed by atoms with Crippen molar-refractivity contribution in [3.63, 3.8) is 0 Å². The second kappa shape index (κ2) is 11.8. The van der Waals surface area contributed by atoms with E-state index >= 15 is 0 Å². The standard InChI is InChI=1S/C19H32N2O14/c1-6(23)20-11-8(25)3-19(18(31)32,35-16(11)13(27)9(26)4-22)33-5-10-14(28)15(29)12(17(30)34-10)21-7(2)24/h8-17,22,25-30H,3-5H2,1-2H3,(H,20,23)(H,21,24)(H,31,32)/t8-,9+,10+,11+,12+,13+,14-,15+,16+,17?,19+/m0/s1. The minimum absolute atomic E-state index is 0.628. The first-order valence-electron chi connectivity index (χ1n) is 10.7. The summed E-state index contributed by atoms with van der Waals surface area (Å²) < 4.78 is 15.9. The van der Waals surface area contributed by atoms with E-state index in [1.165, 1.54) is 0 Å². The quantitative estimate of drug-likeness (QED) is 0.138. The molecule has 0 spiro atoms. The van der Waals surface area contributed by atoms with Crippen LogP contribution in [0.1, 0.15) is 20.3 Å². The van der Waals surface area contributed by atoms with Gasteiger partial charge in [0.2, 0.25) is 11.8 Å². The minimum atomic E-state index is -2.71. The maximum absolute atomic E-state index is 12.1. The molecule has 35 heavy (non-hydrogen) atoms. The van der Waals surface area contributed by atoms with Gasteiger partial charge in [-0.3, -0.25) is 9.59 Å². The fraction of sp³-hybridized carbons (Fsp3) is 0.842. The average Bonchev–Trinajstić information content (AvgIpc) is 2.78. The number of aliphatic hydroxyl groups is 7. The van der Waals surface area contributed by atoms with Crippen molar-refractivity contribution in [2.45, 2.75) is 87.2 Å². The number of hydrogen-bond donors (Lipinski definition) is 10. The van der Waals surface area contributed by atoms with Crippen LogP contribution in [0.5, 0.6) is 0 Å². The van der Waals surface area contributed by atoms with E-state index in [9.17, 15) is 50.1 Å². The second-order valence-electron chi connectivity index (χ2n) is 8.46. The number of hydrogen-bond acceptors (Lipinski definition) is 13. The number of carboxylic acids is 1. The first-order valence-corrected chi connectivity index (χ1v) is 10.7. The summed E-state index contributed by atoms with van der Waals surface area (Å²) in [7, 11) is 0. The summed E-state index contributed by atoms with van der Waals surface area (Å²) in [6, 6.07) is -2.80. The summed E-state index contributed by atoms with van der Waals surface area (Å²) in [4.78, 5) is 34.9. The van der Waals surface area contributed by atoms with E-state index in [4.69, 9.17) is 19.3 Å². The zero-order chi connectivity index (χ0) is 26.7. The predicted molar refractivity (Wildman–Crippen MR) is 109 cm³/mol. The average molecular weight is 512 g/mol. The van der Waals surface area contributed by atoms with Gasteiger partial charge < -0.3 is 65.7 Å². The van der Waals surface area contributed by atoms with Gasteiger partial charge in [-0.2, -0.15) is 0 Å². The zero-order valence-electron chi connectivity index (χ0n) is 18.9. The Morgan fingerprint density at radius 2 is 1.60 bits per heavy atom. The minimum Gasteiger partial charge on any atom is -0.477 e. The van der Waals surface area contributed by atoms with Gasteiger partial charge in [0.1, 0.15) is 42.7 Å². The van der Waals surface area contributed by atoms with Crippen LogP contribution in [-0.2, 0) is 28.6 Å². The molecule has 16 heteroatoms. The number of carbonyl (C=O) groups is 3. The maximum atomic E-state index is 12.1. The van der Waals surface area contributed by atoms with Gasteiger partial charge in [-0.15, -0.1) is 0 Å². The van der Waals surface area contributed by atoms with E-state index in [-0.39, 0.29) is 0 Å².